The molecule has 4 atom stereocenters. The molecule has 0 saturated carbocycles. The lowest BCUT2D eigenvalue weighted by atomic mass is 9.96. The van der Waals surface area contributed by atoms with E-state index in [9.17, 15) is 0 Å². The molecule has 1 aromatic heterocycles. The molecule has 2 fully saturated rings. The van der Waals surface area contributed by atoms with Gasteiger partial charge in [-0.25, -0.2) is 0 Å². The fourth-order valence-corrected chi connectivity index (χ4v) is 3.72. The molecule has 1 N–H and O–H groups in total. The summed E-state index contributed by atoms with van der Waals surface area (Å²) < 4.78 is 13.7. The zero-order chi connectivity index (χ0) is 14.8. The summed E-state index contributed by atoms with van der Waals surface area (Å²) in [6.07, 6.45) is 6.08. The van der Waals surface area contributed by atoms with Crippen LogP contribution in [0.5, 0.6) is 0 Å². The van der Waals surface area contributed by atoms with Gasteiger partial charge in [-0.15, -0.1) is 0 Å². The van der Waals surface area contributed by atoms with Crippen molar-refractivity contribution in [1.82, 2.24) is 15.1 Å². The fourth-order valence-electron chi connectivity index (χ4n) is 3.72. The van der Waals surface area contributed by atoms with Crippen molar-refractivity contribution < 1.29 is 9.47 Å². The summed E-state index contributed by atoms with van der Waals surface area (Å²) in [5.41, 5.74) is 1.19. The molecule has 0 aliphatic carbocycles. The van der Waals surface area contributed by atoms with E-state index >= 15 is 0 Å². The zero-order valence-corrected chi connectivity index (χ0v) is 13.3. The van der Waals surface area contributed by atoms with E-state index in [4.69, 9.17) is 9.47 Å². The van der Waals surface area contributed by atoms with Crippen LogP contribution >= 0.6 is 0 Å². The van der Waals surface area contributed by atoms with Gasteiger partial charge in [0.2, 0.25) is 0 Å². The van der Waals surface area contributed by atoms with Gasteiger partial charge in [-0.1, -0.05) is 0 Å². The third kappa shape index (κ3) is 3.47. The second kappa shape index (κ2) is 6.46. The van der Waals surface area contributed by atoms with Crippen LogP contribution in [0, 0.1) is 5.92 Å². The Hall–Kier alpha value is -0.910. The Labute approximate surface area is 127 Å². The number of aromatic nitrogens is 2. The highest BCUT2D eigenvalue weighted by Gasteiger charge is 2.32. The van der Waals surface area contributed by atoms with Crippen molar-refractivity contribution in [3.8, 4) is 0 Å². The Bertz CT molecular complexity index is 452. The highest BCUT2D eigenvalue weighted by atomic mass is 16.5. The van der Waals surface area contributed by atoms with Crippen molar-refractivity contribution in [2.24, 2.45) is 13.0 Å². The Kier molecular flexibility index (Phi) is 4.62. The molecule has 0 aromatic carbocycles. The van der Waals surface area contributed by atoms with Gasteiger partial charge < -0.3 is 14.8 Å². The minimum Gasteiger partial charge on any atom is -0.375 e. The third-order valence-corrected chi connectivity index (χ3v) is 4.73. The predicted molar refractivity (Wildman–Crippen MR) is 81.0 cm³/mol. The van der Waals surface area contributed by atoms with Crippen molar-refractivity contribution in [2.45, 2.75) is 57.5 Å². The fraction of sp³-hybridized carbons (Fsp3) is 0.812. The smallest absolute Gasteiger partial charge is 0.103 e. The molecule has 1 aromatic rings. The SMILES string of the molecule is C[C@@H]1CC(NC[C@@H]2CCO[C@H]2c2ccnn2C)C[C@@H](C)O1. The summed E-state index contributed by atoms with van der Waals surface area (Å²) in [6, 6.07) is 2.64. The minimum absolute atomic E-state index is 0.180. The lowest BCUT2D eigenvalue weighted by Crippen LogP contribution is -2.43. The van der Waals surface area contributed by atoms with Gasteiger partial charge in [0, 0.05) is 38.4 Å². The van der Waals surface area contributed by atoms with E-state index in [1.54, 1.807) is 0 Å². The maximum atomic E-state index is 5.95. The van der Waals surface area contributed by atoms with Crippen LogP contribution < -0.4 is 5.32 Å². The molecule has 5 nitrogen and oxygen atoms in total. The van der Waals surface area contributed by atoms with E-state index in [0.717, 1.165) is 32.4 Å². The first-order chi connectivity index (χ1) is 10.1. The van der Waals surface area contributed by atoms with E-state index in [1.165, 1.54) is 5.69 Å². The second-order valence-electron chi connectivity index (χ2n) is 6.55. The molecule has 0 spiro atoms. The van der Waals surface area contributed by atoms with Gasteiger partial charge >= 0.3 is 0 Å². The van der Waals surface area contributed by atoms with Gasteiger partial charge in [0.1, 0.15) is 6.10 Å². The first-order valence-corrected chi connectivity index (χ1v) is 8.12. The molecule has 0 radical (unpaired) electrons. The summed E-state index contributed by atoms with van der Waals surface area (Å²) in [6.45, 7) is 6.20. The van der Waals surface area contributed by atoms with Crippen molar-refractivity contribution >= 4 is 0 Å². The molecule has 0 bridgehead atoms. The maximum Gasteiger partial charge on any atom is 0.103 e. The van der Waals surface area contributed by atoms with Gasteiger partial charge in [0.05, 0.1) is 17.9 Å². The largest absolute Gasteiger partial charge is 0.375 e. The molecule has 3 heterocycles. The number of nitrogens with zero attached hydrogens (tertiary/aromatic N) is 2. The van der Waals surface area contributed by atoms with E-state index < -0.39 is 0 Å². The Balaban J connectivity index is 1.56. The normalized spacial score (nSPS) is 37.0. The van der Waals surface area contributed by atoms with Gasteiger partial charge in [-0.2, -0.15) is 5.10 Å². The van der Waals surface area contributed by atoms with Crippen LogP contribution in [0.15, 0.2) is 12.3 Å². The van der Waals surface area contributed by atoms with Crippen LogP contribution in [0.25, 0.3) is 0 Å². The quantitative estimate of drug-likeness (QED) is 0.923. The summed E-state index contributed by atoms with van der Waals surface area (Å²) >= 11 is 0. The summed E-state index contributed by atoms with van der Waals surface area (Å²) in [7, 11) is 1.99. The highest BCUT2D eigenvalue weighted by molar-refractivity contribution is 5.07. The molecule has 21 heavy (non-hydrogen) atoms. The van der Waals surface area contributed by atoms with Crippen molar-refractivity contribution in [1.29, 1.82) is 0 Å². The molecular formula is C16H27N3O2. The molecule has 0 amide bonds. The minimum atomic E-state index is 0.180. The van der Waals surface area contributed by atoms with Gasteiger partial charge in [0.25, 0.3) is 0 Å². The Morgan fingerprint density at radius 1 is 1.33 bits per heavy atom. The van der Waals surface area contributed by atoms with Gasteiger partial charge in [0.15, 0.2) is 0 Å². The molecule has 5 heteroatoms. The van der Waals surface area contributed by atoms with Crippen molar-refractivity contribution in [3.63, 3.8) is 0 Å². The van der Waals surface area contributed by atoms with Crippen LogP contribution in [-0.4, -0.2) is 41.2 Å². The Morgan fingerprint density at radius 2 is 2.10 bits per heavy atom. The second-order valence-corrected chi connectivity index (χ2v) is 6.55. The lowest BCUT2D eigenvalue weighted by Gasteiger charge is -2.33. The topological polar surface area (TPSA) is 48.3 Å². The van der Waals surface area contributed by atoms with Crippen molar-refractivity contribution in [3.05, 3.63) is 18.0 Å². The predicted octanol–water partition coefficient (Wildman–Crippen LogP) is 2.04. The van der Waals surface area contributed by atoms with Gasteiger partial charge in [-0.05, 0) is 39.2 Å². The number of hydrogen-bond donors (Lipinski definition) is 1. The standard InChI is InChI=1S/C16H27N3O2/c1-11-8-14(9-12(2)21-11)17-10-13-5-7-20-16(13)15-4-6-18-19(15)3/h4,6,11-14,16-17H,5,7-10H2,1-3H3/t11-,12-,13+,16-/m1/s1. The monoisotopic (exact) mass is 293 g/mol. The van der Waals surface area contributed by atoms with E-state index in [1.807, 2.05) is 17.9 Å². The number of nitrogens with one attached hydrogen (secondary N) is 1. The van der Waals surface area contributed by atoms with E-state index in [-0.39, 0.29) is 6.10 Å². The number of aryl methyl sites for hydroxylation is 1. The number of rotatable bonds is 4. The zero-order valence-electron chi connectivity index (χ0n) is 13.3. The van der Waals surface area contributed by atoms with Crippen LogP contribution in [0.3, 0.4) is 0 Å². The van der Waals surface area contributed by atoms with Crippen LogP contribution in [-0.2, 0) is 16.5 Å². The maximum absolute atomic E-state index is 5.95. The number of hydrogen-bond acceptors (Lipinski definition) is 4. The first kappa shape index (κ1) is 15.0. The summed E-state index contributed by atoms with van der Waals surface area (Å²) in [4.78, 5) is 0. The molecule has 118 valence electrons. The van der Waals surface area contributed by atoms with Crippen LogP contribution in [0.1, 0.15) is 44.9 Å². The highest BCUT2D eigenvalue weighted by Crippen LogP contribution is 2.34. The van der Waals surface area contributed by atoms with Gasteiger partial charge in [-0.3, -0.25) is 4.68 Å². The van der Waals surface area contributed by atoms with Crippen LogP contribution in [0.2, 0.25) is 0 Å². The number of ether oxygens (including phenoxy) is 2. The van der Waals surface area contributed by atoms with E-state index in [0.29, 0.717) is 24.2 Å². The van der Waals surface area contributed by atoms with E-state index in [2.05, 4.69) is 30.3 Å². The molecule has 2 saturated heterocycles. The van der Waals surface area contributed by atoms with Crippen molar-refractivity contribution in [2.75, 3.05) is 13.2 Å². The first-order valence-electron chi connectivity index (χ1n) is 8.12. The van der Waals surface area contributed by atoms with Crippen LogP contribution in [0.4, 0.5) is 0 Å². The molecule has 0 unspecified atom stereocenters. The third-order valence-electron chi connectivity index (χ3n) is 4.73. The Morgan fingerprint density at radius 3 is 2.76 bits per heavy atom. The summed E-state index contributed by atoms with van der Waals surface area (Å²) in [5, 5.41) is 8.01. The molecule has 2 aliphatic heterocycles. The average Bonchev–Trinajstić information content (AvgIpc) is 3.03. The average molecular weight is 293 g/mol. The molecular weight excluding hydrogens is 266 g/mol. The molecule has 3 rings (SSSR count). The molecule has 2 aliphatic rings. The summed E-state index contributed by atoms with van der Waals surface area (Å²) in [5.74, 6) is 0.536. The lowest BCUT2D eigenvalue weighted by molar-refractivity contribution is -0.0428.